The highest BCUT2D eigenvalue weighted by Crippen LogP contribution is 2.29. The number of hydrogen-bond acceptors (Lipinski definition) is 5. The van der Waals surface area contributed by atoms with Gasteiger partial charge in [-0.2, -0.15) is 0 Å². The Kier molecular flexibility index (Phi) is 6.20. The molecule has 1 aliphatic rings. The molecule has 8 heteroatoms. The van der Waals surface area contributed by atoms with Crippen LogP contribution in [0.3, 0.4) is 0 Å². The predicted molar refractivity (Wildman–Crippen MR) is 94.0 cm³/mol. The van der Waals surface area contributed by atoms with Gasteiger partial charge in [-0.1, -0.05) is 6.92 Å². The van der Waals surface area contributed by atoms with E-state index in [1.165, 1.54) is 0 Å². The summed E-state index contributed by atoms with van der Waals surface area (Å²) in [6, 6.07) is 3.24. The Morgan fingerprint density at radius 2 is 1.58 bits per heavy atom. The number of amides is 4. The highest BCUT2D eigenvalue weighted by molar-refractivity contribution is 6.44. The second-order valence-electron chi connectivity index (χ2n) is 6.40. The molecule has 1 aliphatic heterocycles. The average molecular weight is 364 g/mol. The predicted octanol–water partition coefficient (Wildman–Crippen LogP) is 0.185. The smallest absolute Gasteiger partial charge is 0.338 e. The van der Waals surface area contributed by atoms with Crippen LogP contribution in [0.2, 0.25) is 0 Å². The van der Waals surface area contributed by atoms with Crippen molar-refractivity contribution < 1.29 is 28.8 Å². The Hall–Kier alpha value is -2.61. The summed E-state index contributed by atoms with van der Waals surface area (Å²) in [5.74, 6) is -0.227. The topological polar surface area (TPSA) is 80.6 Å². The molecule has 1 atom stereocenters. The largest absolute Gasteiger partial charge is 0.493 e. The van der Waals surface area contributed by atoms with Gasteiger partial charge in [-0.05, 0) is 31.0 Å². The van der Waals surface area contributed by atoms with Gasteiger partial charge in [0.05, 0.1) is 21.3 Å². The van der Waals surface area contributed by atoms with E-state index in [0.29, 0.717) is 24.5 Å². The van der Waals surface area contributed by atoms with Gasteiger partial charge in [-0.3, -0.25) is 14.5 Å². The number of methoxy groups -OCH3 is 2. The van der Waals surface area contributed by atoms with Crippen LogP contribution in [-0.4, -0.2) is 62.1 Å². The fourth-order valence-electron chi connectivity index (χ4n) is 2.97. The van der Waals surface area contributed by atoms with Crippen LogP contribution in [0.4, 0.5) is 4.79 Å². The van der Waals surface area contributed by atoms with E-state index in [-0.39, 0.29) is 13.2 Å². The van der Waals surface area contributed by atoms with E-state index >= 15 is 0 Å². The maximum Gasteiger partial charge on any atom is 0.338 e. The molecule has 4 amide bonds. The fourth-order valence-corrected chi connectivity index (χ4v) is 2.97. The van der Waals surface area contributed by atoms with Gasteiger partial charge in [0, 0.05) is 12.1 Å². The van der Waals surface area contributed by atoms with Crippen molar-refractivity contribution in [3.63, 3.8) is 0 Å². The lowest BCUT2D eigenvalue weighted by Crippen LogP contribution is -3.09. The number of benzene rings is 1. The number of ether oxygens (including phenoxy) is 2. The lowest BCUT2D eigenvalue weighted by atomic mass is 10.1. The molecule has 2 rings (SSSR count). The van der Waals surface area contributed by atoms with Crippen LogP contribution in [0.25, 0.3) is 0 Å². The zero-order valence-electron chi connectivity index (χ0n) is 15.9. The molecule has 1 heterocycles. The minimum absolute atomic E-state index is 0.122. The Morgan fingerprint density at radius 1 is 1.00 bits per heavy atom. The van der Waals surface area contributed by atoms with Crippen LogP contribution in [0, 0.1) is 6.92 Å². The lowest BCUT2D eigenvalue weighted by molar-refractivity contribution is -0.901. The van der Waals surface area contributed by atoms with Gasteiger partial charge in [0.2, 0.25) is 0 Å². The van der Waals surface area contributed by atoms with E-state index < -0.39 is 17.8 Å². The molecule has 0 radical (unpaired) electrons. The molecule has 0 aliphatic carbocycles. The first-order valence-electron chi connectivity index (χ1n) is 8.54. The molecule has 1 aromatic carbocycles. The second-order valence-corrected chi connectivity index (χ2v) is 6.40. The van der Waals surface area contributed by atoms with Gasteiger partial charge >= 0.3 is 17.8 Å². The molecule has 1 N–H and O–H groups in total. The number of nitrogens with zero attached hydrogens (tertiary/aromatic N) is 2. The molecular formula is C18H26N3O5+. The van der Waals surface area contributed by atoms with Crippen molar-refractivity contribution in [3.8, 4) is 11.5 Å². The normalized spacial score (nSPS) is 15.7. The number of aryl methyl sites for hydroxylation is 1. The lowest BCUT2D eigenvalue weighted by Gasteiger charge is -2.21. The van der Waals surface area contributed by atoms with E-state index in [1.807, 2.05) is 33.0 Å². The first-order valence-corrected chi connectivity index (χ1v) is 8.54. The maximum atomic E-state index is 12.3. The first kappa shape index (κ1) is 19.7. The molecule has 1 saturated heterocycles. The van der Waals surface area contributed by atoms with Crippen molar-refractivity contribution in [1.29, 1.82) is 0 Å². The third kappa shape index (κ3) is 3.80. The van der Waals surface area contributed by atoms with Gasteiger partial charge in [0.15, 0.2) is 18.2 Å². The number of rotatable bonds is 8. The van der Waals surface area contributed by atoms with Crippen molar-refractivity contribution in [2.75, 3.05) is 34.5 Å². The number of carbonyl (C=O) groups excluding carboxylic acids is 3. The van der Waals surface area contributed by atoms with E-state index in [2.05, 4.69) is 0 Å². The van der Waals surface area contributed by atoms with E-state index in [0.717, 1.165) is 25.8 Å². The van der Waals surface area contributed by atoms with Crippen molar-refractivity contribution in [2.24, 2.45) is 0 Å². The molecule has 1 fully saturated rings. The van der Waals surface area contributed by atoms with E-state index in [1.54, 1.807) is 14.2 Å². The Balaban J connectivity index is 2.12. The molecule has 26 heavy (non-hydrogen) atoms. The van der Waals surface area contributed by atoms with Gasteiger partial charge < -0.3 is 14.4 Å². The third-order valence-electron chi connectivity index (χ3n) is 4.34. The summed E-state index contributed by atoms with van der Waals surface area (Å²) in [4.78, 5) is 39.3. The van der Waals surface area contributed by atoms with Gasteiger partial charge in [0.1, 0.15) is 6.54 Å². The number of quaternary nitrogens is 1. The quantitative estimate of drug-likeness (QED) is 0.526. The minimum atomic E-state index is -0.758. The van der Waals surface area contributed by atoms with Crippen LogP contribution >= 0.6 is 0 Å². The Bertz CT molecular complexity index is 719. The average Bonchev–Trinajstić information content (AvgIpc) is 2.81. The number of hydrogen-bond donors (Lipinski definition) is 1. The zero-order valence-corrected chi connectivity index (χ0v) is 15.9. The van der Waals surface area contributed by atoms with Crippen LogP contribution in [0.1, 0.15) is 24.5 Å². The maximum absolute atomic E-state index is 12.3. The van der Waals surface area contributed by atoms with Crippen molar-refractivity contribution in [3.05, 3.63) is 23.3 Å². The van der Waals surface area contributed by atoms with Gasteiger partial charge in [-0.15, -0.1) is 0 Å². The SMILES string of the molecule is CCCN1C(=O)C(=O)N(C[NH+](C)Cc2cc(OC)c(OC)cc2C)C1=O. The first-order chi connectivity index (χ1) is 12.3. The summed E-state index contributed by atoms with van der Waals surface area (Å²) in [5.41, 5.74) is 2.03. The molecule has 1 unspecified atom stereocenters. The Labute approximate surface area is 153 Å². The minimum Gasteiger partial charge on any atom is -0.493 e. The van der Waals surface area contributed by atoms with Crippen LogP contribution in [-0.2, 0) is 16.1 Å². The number of nitrogens with one attached hydrogen (secondary N) is 1. The second kappa shape index (κ2) is 8.18. The number of carbonyl (C=O) groups is 3. The molecular weight excluding hydrogens is 338 g/mol. The highest BCUT2D eigenvalue weighted by atomic mass is 16.5. The van der Waals surface area contributed by atoms with Crippen molar-refractivity contribution in [2.45, 2.75) is 26.8 Å². The van der Waals surface area contributed by atoms with Gasteiger partial charge in [-0.25, -0.2) is 9.69 Å². The molecule has 142 valence electrons. The van der Waals surface area contributed by atoms with Gasteiger partial charge in [0.25, 0.3) is 0 Å². The molecule has 8 nitrogen and oxygen atoms in total. The monoisotopic (exact) mass is 364 g/mol. The standard InChI is InChI=1S/C18H25N3O5/c1-6-7-20-16(22)17(23)21(18(20)24)11-19(3)10-13-9-15(26-5)14(25-4)8-12(13)2/h8-9H,6-7,10-11H2,1-5H3/p+1. The molecule has 0 bridgehead atoms. The molecule has 0 aromatic heterocycles. The van der Waals surface area contributed by atoms with Crippen LogP contribution in [0.5, 0.6) is 11.5 Å². The Morgan fingerprint density at radius 3 is 2.15 bits per heavy atom. The van der Waals surface area contributed by atoms with Crippen molar-refractivity contribution in [1.82, 2.24) is 9.80 Å². The molecule has 0 spiro atoms. The highest BCUT2D eigenvalue weighted by Gasteiger charge is 2.45. The molecule has 1 aromatic rings. The van der Waals surface area contributed by atoms with E-state index in [4.69, 9.17) is 9.47 Å². The zero-order chi connectivity index (χ0) is 19.4. The summed E-state index contributed by atoms with van der Waals surface area (Å²) >= 11 is 0. The summed E-state index contributed by atoms with van der Waals surface area (Å²) in [6.45, 7) is 4.75. The summed E-state index contributed by atoms with van der Waals surface area (Å²) < 4.78 is 10.6. The molecule has 0 saturated carbocycles. The fraction of sp³-hybridized carbons (Fsp3) is 0.500. The van der Waals surface area contributed by atoms with Crippen molar-refractivity contribution >= 4 is 17.8 Å². The third-order valence-corrected chi connectivity index (χ3v) is 4.34. The summed E-state index contributed by atoms with van der Waals surface area (Å²) in [6.07, 6.45) is 0.617. The number of urea groups is 1. The van der Waals surface area contributed by atoms with E-state index in [9.17, 15) is 14.4 Å². The van der Waals surface area contributed by atoms with Crippen LogP contribution in [0.15, 0.2) is 12.1 Å². The van der Waals surface area contributed by atoms with Crippen LogP contribution < -0.4 is 14.4 Å². The summed E-state index contributed by atoms with van der Waals surface area (Å²) in [7, 11) is 5.02. The number of imide groups is 2. The summed E-state index contributed by atoms with van der Waals surface area (Å²) in [5, 5.41) is 0.